The van der Waals surface area contributed by atoms with E-state index < -0.39 is 0 Å². The van der Waals surface area contributed by atoms with E-state index in [1.807, 2.05) is 12.1 Å². The molecule has 0 aliphatic carbocycles. The highest BCUT2D eigenvalue weighted by Crippen LogP contribution is 2.25. The molecule has 170 valence electrons. The van der Waals surface area contributed by atoms with Gasteiger partial charge in [-0.3, -0.25) is 9.59 Å². The molecule has 0 spiro atoms. The molecule has 2 aromatic heterocycles. The van der Waals surface area contributed by atoms with Crippen molar-refractivity contribution in [2.24, 2.45) is 5.73 Å². The lowest BCUT2D eigenvalue weighted by Gasteiger charge is -2.17. The van der Waals surface area contributed by atoms with Gasteiger partial charge in [0.1, 0.15) is 25.0 Å². The summed E-state index contributed by atoms with van der Waals surface area (Å²) in [6.45, 7) is 0.128. The van der Waals surface area contributed by atoms with Crippen molar-refractivity contribution in [3.8, 4) is 11.3 Å². The van der Waals surface area contributed by atoms with E-state index in [4.69, 9.17) is 5.73 Å². The number of imidazole rings is 1. The van der Waals surface area contributed by atoms with Crippen molar-refractivity contribution in [1.29, 1.82) is 0 Å². The van der Waals surface area contributed by atoms with Gasteiger partial charge in [-0.2, -0.15) is 0 Å². The molecular formula is C24H27N7O2. The monoisotopic (exact) mass is 445 g/mol. The highest BCUT2D eigenvalue weighted by molar-refractivity contribution is 5.86. The van der Waals surface area contributed by atoms with Crippen LogP contribution >= 0.6 is 0 Å². The lowest BCUT2D eigenvalue weighted by atomic mass is 10.1. The van der Waals surface area contributed by atoms with E-state index in [1.165, 1.54) is 18.0 Å². The van der Waals surface area contributed by atoms with Gasteiger partial charge in [-0.1, -0.05) is 49.2 Å². The summed E-state index contributed by atoms with van der Waals surface area (Å²) in [5.41, 5.74) is 7.15. The summed E-state index contributed by atoms with van der Waals surface area (Å²) in [5.74, 6) is 0.255. The number of nitrogens with two attached hydrogens (primary N) is 1. The van der Waals surface area contributed by atoms with Gasteiger partial charge in [-0.15, -0.1) is 10.2 Å². The summed E-state index contributed by atoms with van der Waals surface area (Å²) in [4.78, 5) is 31.5. The molecule has 0 fully saturated rings. The topological polar surface area (TPSA) is 132 Å². The fraction of sp³-hybridized carbons (Fsp3) is 0.292. The minimum atomic E-state index is -0.292. The summed E-state index contributed by atoms with van der Waals surface area (Å²) in [6, 6.07) is 14.2. The number of carbonyl (C=O) groups excluding carboxylic acids is 2. The van der Waals surface area contributed by atoms with Gasteiger partial charge in [-0.05, 0) is 29.7 Å². The van der Waals surface area contributed by atoms with Crippen LogP contribution in [0.1, 0.15) is 44.0 Å². The first-order valence-electron chi connectivity index (χ1n) is 11.0. The smallest absolute Gasteiger partial charge is 0.240 e. The minimum absolute atomic E-state index is 0.128. The number of rotatable bonds is 11. The van der Waals surface area contributed by atoms with Crippen LogP contribution in [0.3, 0.4) is 0 Å². The van der Waals surface area contributed by atoms with Gasteiger partial charge in [0.15, 0.2) is 0 Å². The van der Waals surface area contributed by atoms with Gasteiger partial charge in [0.2, 0.25) is 11.8 Å². The second-order valence-corrected chi connectivity index (χ2v) is 8.06. The Hall–Kier alpha value is -4.01. The third-order valence-electron chi connectivity index (χ3n) is 5.53. The standard InChI is InChI=1S/C24H27N7O2/c25-22(32)9-3-1-2-8-20(29-23(33)14-31-15-27-28-16-31)24-26-13-21(30-24)19-11-10-17-6-4-5-7-18(17)12-19/h4-7,10-13,15-16,20H,1-3,8-9,14H2,(H2,25,32)(H,26,30)(H,29,33)/t20-/m0/s1. The fourth-order valence-electron chi connectivity index (χ4n) is 3.83. The molecule has 4 aromatic rings. The molecule has 0 saturated heterocycles. The SMILES string of the molecule is NC(=O)CCCCC[C@H](NC(=O)Cn1cnnc1)c1ncc(-c2ccc3ccccc3c2)[nH]1. The summed E-state index contributed by atoms with van der Waals surface area (Å²) in [7, 11) is 0. The van der Waals surface area contributed by atoms with Crippen molar-refractivity contribution in [2.75, 3.05) is 0 Å². The van der Waals surface area contributed by atoms with Crippen molar-refractivity contribution in [1.82, 2.24) is 30.0 Å². The molecule has 9 nitrogen and oxygen atoms in total. The summed E-state index contributed by atoms with van der Waals surface area (Å²) < 4.78 is 1.61. The number of aromatic amines is 1. The molecule has 2 amide bonds. The number of benzene rings is 2. The quantitative estimate of drug-likeness (QED) is 0.305. The fourth-order valence-corrected chi connectivity index (χ4v) is 3.83. The molecule has 2 aromatic carbocycles. The van der Waals surface area contributed by atoms with Crippen molar-refractivity contribution in [3.63, 3.8) is 0 Å². The molecule has 4 N–H and O–H groups in total. The van der Waals surface area contributed by atoms with Crippen LogP contribution in [0.4, 0.5) is 0 Å². The third kappa shape index (κ3) is 6.03. The molecule has 33 heavy (non-hydrogen) atoms. The van der Waals surface area contributed by atoms with Gasteiger partial charge < -0.3 is 20.6 Å². The number of carbonyl (C=O) groups is 2. The lowest BCUT2D eigenvalue weighted by molar-refractivity contribution is -0.122. The molecular weight excluding hydrogens is 418 g/mol. The summed E-state index contributed by atoms with van der Waals surface area (Å²) in [6.07, 6.45) is 8.28. The zero-order valence-electron chi connectivity index (χ0n) is 18.3. The van der Waals surface area contributed by atoms with Gasteiger partial charge in [-0.25, -0.2) is 4.98 Å². The van der Waals surface area contributed by atoms with E-state index in [-0.39, 0.29) is 24.4 Å². The van der Waals surface area contributed by atoms with Gasteiger partial charge in [0.05, 0.1) is 17.9 Å². The second-order valence-electron chi connectivity index (χ2n) is 8.06. The van der Waals surface area contributed by atoms with Crippen molar-refractivity contribution in [2.45, 2.75) is 44.7 Å². The number of H-pyrrole nitrogens is 1. The molecule has 0 unspecified atom stereocenters. The Morgan fingerprint density at radius 2 is 1.82 bits per heavy atom. The highest BCUT2D eigenvalue weighted by atomic mass is 16.2. The first-order chi connectivity index (χ1) is 16.1. The summed E-state index contributed by atoms with van der Waals surface area (Å²) >= 11 is 0. The number of primary amides is 1. The predicted molar refractivity (Wildman–Crippen MR) is 125 cm³/mol. The number of nitrogens with one attached hydrogen (secondary N) is 2. The Kier molecular flexibility index (Phi) is 7.09. The van der Waals surface area contributed by atoms with Crippen molar-refractivity contribution in [3.05, 3.63) is 67.1 Å². The molecule has 4 rings (SSSR count). The molecule has 2 heterocycles. The maximum Gasteiger partial charge on any atom is 0.240 e. The van der Waals surface area contributed by atoms with Crippen molar-refractivity contribution >= 4 is 22.6 Å². The van der Waals surface area contributed by atoms with Gasteiger partial charge in [0, 0.05) is 12.0 Å². The van der Waals surface area contributed by atoms with Gasteiger partial charge in [0.25, 0.3) is 0 Å². The minimum Gasteiger partial charge on any atom is -0.370 e. The van der Waals surface area contributed by atoms with Crippen molar-refractivity contribution < 1.29 is 9.59 Å². The normalized spacial score (nSPS) is 12.0. The molecule has 9 heteroatoms. The lowest BCUT2D eigenvalue weighted by Crippen LogP contribution is -2.32. The third-order valence-corrected chi connectivity index (χ3v) is 5.53. The van der Waals surface area contributed by atoms with E-state index in [1.54, 1.807) is 10.8 Å². The predicted octanol–water partition coefficient (Wildman–Crippen LogP) is 3.11. The number of fused-ring (bicyclic) bond motifs is 1. The Labute approximate surface area is 191 Å². The Bertz CT molecular complexity index is 1220. The number of amides is 2. The average Bonchev–Trinajstić information content (AvgIpc) is 3.50. The Morgan fingerprint density at radius 3 is 2.61 bits per heavy atom. The molecule has 0 bridgehead atoms. The van der Waals surface area contributed by atoms with Crippen LogP contribution in [-0.2, 0) is 16.1 Å². The van der Waals surface area contributed by atoms with Crippen LogP contribution in [0.2, 0.25) is 0 Å². The van der Waals surface area contributed by atoms with Crippen LogP contribution < -0.4 is 11.1 Å². The van der Waals surface area contributed by atoms with Gasteiger partial charge >= 0.3 is 0 Å². The van der Waals surface area contributed by atoms with E-state index in [9.17, 15) is 9.59 Å². The number of aromatic nitrogens is 5. The zero-order valence-corrected chi connectivity index (χ0v) is 18.3. The van der Waals surface area contributed by atoms with Crippen LogP contribution in [0, 0.1) is 0 Å². The van der Waals surface area contributed by atoms with Crippen LogP contribution in [0.5, 0.6) is 0 Å². The van der Waals surface area contributed by atoms with E-state index in [0.29, 0.717) is 18.7 Å². The second kappa shape index (κ2) is 10.5. The molecule has 1 atom stereocenters. The molecule has 0 saturated carbocycles. The first kappa shape index (κ1) is 22.2. The number of hydrogen-bond acceptors (Lipinski definition) is 5. The van der Waals surface area contributed by atoms with Crippen LogP contribution in [0.25, 0.3) is 22.0 Å². The van der Waals surface area contributed by atoms with E-state index >= 15 is 0 Å². The Balaban J connectivity index is 1.48. The molecule has 0 radical (unpaired) electrons. The number of hydrogen-bond donors (Lipinski definition) is 3. The maximum atomic E-state index is 12.6. The molecule has 0 aliphatic rings. The number of nitrogens with zero attached hydrogens (tertiary/aromatic N) is 4. The maximum absolute atomic E-state index is 12.6. The molecule has 0 aliphatic heterocycles. The van der Waals surface area contributed by atoms with Crippen LogP contribution in [-0.4, -0.2) is 36.5 Å². The highest BCUT2D eigenvalue weighted by Gasteiger charge is 2.18. The first-order valence-corrected chi connectivity index (χ1v) is 11.0. The average molecular weight is 446 g/mol. The summed E-state index contributed by atoms with van der Waals surface area (Å²) in [5, 5.41) is 12.9. The zero-order chi connectivity index (χ0) is 23.0. The number of unbranched alkanes of at least 4 members (excludes halogenated alkanes) is 2. The van der Waals surface area contributed by atoms with E-state index in [2.05, 4.69) is 55.8 Å². The largest absolute Gasteiger partial charge is 0.370 e. The van der Waals surface area contributed by atoms with Crippen LogP contribution in [0.15, 0.2) is 61.3 Å². The Morgan fingerprint density at radius 1 is 1.03 bits per heavy atom. The van der Waals surface area contributed by atoms with E-state index in [0.717, 1.165) is 35.9 Å².